The third kappa shape index (κ3) is 0.987. The van der Waals surface area contributed by atoms with Crippen LogP contribution in [0.5, 0.6) is 0 Å². The molecule has 0 unspecified atom stereocenters. The lowest BCUT2D eigenvalue weighted by molar-refractivity contribution is 0.282. The Hall–Kier alpha value is -1.35. The van der Waals surface area contributed by atoms with Crippen LogP contribution in [0.2, 0.25) is 0 Å². The fraction of sp³-hybridized carbons (Fsp3) is 0.222. The van der Waals surface area contributed by atoms with Gasteiger partial charge in [-0.25, -0.2) is 0 Å². The highest BCUT2D eigenvalue weighted by molar-refractivity contribution is 5.81. The first-order valence-corrected chi connectivity index (χ1v) is 3.84. The van der Waals surface area contributed by atoms with E-state index in [0.717, 1.165) is 22.0 Å². The lowest BCUT2D eigenvalue weighted by Crippen LogP contribution is -1.85. The zero-order chi connectivity index (χ0) is 8.55. The molecule has 12 heavy (non-hydrogen) atoms. The van der Waals surface area contributed by atoms with E-state index in [4.69, 9.17) is 5.11 Å². The molecule has 3 heteroatoms. The molecule has 1 aromatic carbocycles. The predicted molar refractivity (Wildman–Crippen MR) is 46.8 cm³/mol. The van der Waals surface area contributed by atoms with E-state index in [9.17, 15) is 0 Å². The molecule has 0 atom stereocenters. The molecule has 0 radical (unpaired) electrons. The molecule has 0 bridgehead atoms. The summed E-state index contributed by atoms with van der Waals surface area (Å²) in [5.41, 5.74) is 3.10. The van der Waals surface area contributed by atoms with Gasteiger partial charge in [0.1, 0.15) is 0 Å². The summed E-state index contributed by atoms with van der Waals surface area (Å²) < 4.78 is 0. The van der Waals surface area contributed by atoms with Gasteiger partial charge in [-0.15, -0.1) is 0 Å². The number of aliphatic hydroxyl groups is 1. The van der Waals surface area contributed by atoms with Gasteiger partial charge in [-0.1, -0.05) is 6.07 Å². The fourth-order valence-electron chi connectivity index (χ4n) is 1.40. The third-order valence-electron chi connectivity index (χ3n) is 1.99. The maximum atomic E-state index is 8.93. The number of hydrogen-bond acceptors (Lipinski definition) is 2. The van der Waals surface area contributed by atoms with Gasteiger partial charge in [-0.05, 0) is 24.1 Å². The summed E-state index contributed by atoms with van der Waals surface area (Å²) >= 11 is 0. The maximum absolute atomic E-state index is 8.93. The van der Waals surface area contributed by atoms with Crippen LogP contribution >= 0.6 is 0 Å². The molecule has 0 aliphatic rings. The highest BCUT2D eigenvalue weighted by Gasteiger charge is 2.00. The zero-order valence-corrected chi connectivity index (χ0v) is 6.83. The number of nitrogens with one attached hydrogen (secondary N) is 1. The second kappa shape index (κ2) is 2.60. The number of rotatable bonds is 1. The van der Waals surface area contributed by atoms with E-state index in [1.807, 2.05) is 19.1 Å². The molecule has 0 spiro atoms. The smallest absolute Gasteiger partial charge is 0.0682 e. The third-order valence-corrected chi connectivity index (χ3v) is 1.99. The number of aromatic amines is 1. The van der Waals surface area contributed by atoms with Gasteiger partial charge in [0.2, 0.25) is 0 Å². The van der Waals surface area contributed by atoms with E-state index >= 15 is 0 Å². The molecule has 0 aliphatic heterocycles. The van der Waals surface area contributed by atoms with Crippen molar-refractivity contribution >= 4 is 10.9 Å². The monoisotopic (exact) mass is 162 g/mol. The highest BCUT2D eigenvalue weighted by Crippen LogP contribution is 2.17. The Morgan fingerprint density at radius 1 is 1.50 bits per heavy atom. The first kappa shape index (κ1) is 7.31. The van der Waals surface area contributed by atoms with Crippen molar-refractivity contribution in [1.82, 2.24) is 10.2 Å². The average molecular weight is 162 g/mol. The SMILES string of the molecule is Cc1cc(CO)cc2cn[nH]c12. The molecule has 0 saturated carbocycles. The van der Waals surface area contributed by atoms with Crippen molar-refractivity contribution in [2.24, 2.45) is 0 Å². The van der Waals surface area contributed by atoms with E-state index in [1.165, 1.54) is 0 Å². The van der Waals surface area contributed by atoms with Crippen LogP contribution in [0, 0.1) is 6.92 Å². The number of fused-ring (bicyclic) bond motifs is 1. The second-order valence-corrected chi connectivity index (χ2v) is 2.91. The Labute approximate surface area is 70.0 Å². The van der Waals surface area contributed by atoms with Gasteiger partial charge >= 0.3 is 0 Å². The molecule has 2 rings (SSSR count). The standard InChI is InChI=1S/C9H10N2O/c1-6-2-7(5-12)3-8-4-10-11-9(6)8/h2-4,12H,5H2,1H3,(H,10,11). The molecule has 2 aromatic rings. The van der Waals surface area contributed by atoms with E-state index in [2.05, 4.69) is 10.2 Å². The number of H-pyrrole nitrogens is 1. The van der Waals surface area contributed by atoms with Crippen LogP contribution in [0.1, 0.15) is 11.1 Å². The Morgan fingerprint density at radius 3 is 3.08 bits per heavy atom. The molecule has 1 aromatic heterocycles. The number of benzene rings is 1. The molecule has 0 aliphatic carbocycles. The molecule has 0 saturated heterocycles. The minimum Gasteiger partial charge on any atom is -0.392 e. The van der Waals surface area contributed by atoms with E-state index in [1.54, 1.807) is 6.20 Å². The highest BCUT2D eigenvalue weighted by atomic mass is 16.3. The van der Waals surface area contributed by atoms with Crippen molar-refractivity contribution in [2.45, 2.75) is 13.5 Å². The molecule has 0 amide bonds. The summed E-state index contributed by atoms with van der Waals surface area (Å²) in [6, 6.07) is 3.90. The van der Waals surface area contributed by atoms with Crippen molar-refractivity contribution in [3.05, 3.63) is 29.5 Å². The van der Waals surface area contributed by atoms with Gasteiger partial charge in [0.15, 0.2) is 0 Å². The number of hydrogen-bond donors (Lipinski definition) is 2. The summed E-state index contributed by atoms with van der Waals surface area (Å²) in [5.74, 6) is 0. The minimum atomic E-state index is 0.0853. The fourth-order valence-corrected chi connectivity index (χ4v) is 1.40. The molecule has 1 heterocycles. The van der Waals surface area contributed by atoms with Crippen LogP contribution in [-0.2, 0) is 6.61 Å². The predicted octanol–water partition coefficient (Wildman–Crippen LogP) is 1.36. The van der Waals surface area contributed by atoms with Gasteiger partial charge in [-0.2, -0.15) is 5.10 Å². The Kier molecular flexibility index (Phi) is 1.59. The Morgan fingerprint density at radius 2 is 2.33 bits per heavy atom. The summed E-state index contributed by atoms with van der Waals surface area (Å²) in [4.78, 5) is 0. The van der Waals surface area contributed by atoms with E-state index < -0.39 is 0 Å². The van der Waals surface area contributed by atoms with Crippen molar-refractivity contribution in [3.63, 3.8) is 0 Å². The zero-order valence-electron chi connectivity index (χ0n) is 6.83. The average Bonchev–Trinajstić information content (AvgIpc) is 2.52. The van der Waals surface area contributed by atoms with E-state index in [-0.39, 0.29) is 6.61 Å². The summed E-state index contributed by atoms with van der Waals surface area (Å²) in [6.07, 6.45) is 1.77. The van der Waals surface area contributed by atoms with Crippen LogP contribution in [0.4, 0.5) is 0 Å². The molecular formula is C9H10N2O. The molecule has 3 nitrogen and oxygen atoms in total. The molecule has 2 N–H and O–H groups in total. The maximum Gasteiger partial charge on any atom is 0.0682 e. The van der Waals surface area contributed by atoms with Gasteiger partial charge < -0.3 is 5.11 Å². The van der Waals surface area contributed by atoms with Gasteiger partial charge in [0, 0.05) is 5.39 Å². The Balaban J connectivity index is 2.75. The number of aromatic nitrogens is 2. The second-order valence-electron chi connectivity index (χ2n) is 2.91. The molecule has 0 fully saturated rings. The quantitative estimate of drug-likeness (QED) is 0.665. The normalized spacial score (nSPS) is 10.8. The van der Waals surface area contributed by atoms with Crippen LogP contribution in [0.3, 0.4) is 0 Å². The number of aliphatic hydroxyl groups excluding tert-OH is 1. The summed E-state index contributed by atoms with van der Waals surface area (Å²) in [7, 11) is 0. The van der Waals surface area contributed by atoms with E-state index in [0.29, 0.717) is 0 Å². The van der Waals surface area contributed by atoms with Crippen molar-refractivity contribution in [3.8, 4) is 0 Å². The topological polar surface area (TPSA) is 48.9 Å². The van der Waals surface area contributed by atoms with Gasteiger partial charge in [0.05, 0.1) is 18.3 Å². The van der Waals surface area contributed by atoms with Gasteiger partial charge in [0.25, 0.3) is 0 Å². The van der Waals surface area contributed by atoms with Crippen molar-refractivity contribution in [1.29, 1.82) is 0 Å². The first-order chi connectivity index (χ1) is 5.81. The van der Waals surface area contributed by atoms with Crippen LogP contribution < -0.4 is 0 Å². The Bertz CT molecular complexity index is 406. The molecular weight excluding hydrogens is 152 g/mol. The van der Waals surface area contributed by atoms with Crippen LogP contribution in [-0.4, -0.2) is 15.3 Å². The lowest BCUT2D eigenvalue weighted by atomic mass is 10.1. The van der Waals surface area contributed by atoms with Gasteiger partial charge in [-0.3, -0.25) is 5.10 Å². The van der Waals surface area contributed by atoms with Crippen molar-refractivity contribution < 1.29 is 5.11 Å². The lowest BCUT2D eigenvalue weighted by Gasteiger charge is -1.99. The van der Waals surface area contributed by atoms with Crippen molar-refractivity contribution in [2.75, 3.05) is 0 Å². The number of nitrogens with zero attached hydrogens (tertiary/aromatic N) is 1. The largest absolute Gasteiger partial charge is 0.392 e. The summed E-state index contributed by atoms with van der Waals surface area (Å²) in [6.45, 7) is 2.08. The number of aryl methyl sites for hydroxylation is 1. The minimum absolute atomic E-state index is 0.0853. The van der Waals surface area contributed by atoms with Crippen LogP contribution in [0.25, 0.3) is 10.9 Å². The van der Waals surface area contributed by atoms with Crippen LogP contribution in [0.15, 0.2) is 18.3 Å². The molecule has 62 valence electrons. The summed E-state index contributed by atoms with van der Waals surface area (Å²) in [5, 5.41) is 16.8. The first-order valence-electron chi connectivity index (χ1n) is 3.84.